The van der Waals surface area contributed by atoms with Crippen molar-refractivity contribution in [2.75, 3.05) is 24.7 Å². The van der Waals surface area contributed by atoms with E-state index in [1.807, 2.05) is 0 Å². The van der Waals surface area contributed by atoms with Crippen molar-refractivity contribution in [3.63, 3.8) is 0 Å². The maximum Gasteiger partial charge on any atom is 0.460 e. The van der Waals surface area contributed by atoms with E-state index < -0.39 is 48.9 Å². The van der Waals surface area contributed by atoms with Crippen LogP contribution in [-0.4, -0.2) is 49.1 Å². The molecular weight excluding hydrogens is 639 g/mol. The number of hydrogen-bond donors (Lipinski definition) is 2. The third kappa shape index (κ3) is 7.84. The first kappa shape index (κ1) is 35.6. The predicted molar refractivity (Wildman–Crippen MR) is 149 cm³/mol. The van der Waals surface area contributed by atoms with E-state index in [2.05, 4.69) is 0 Å². The van der Waals surface area contributed by atoms with E-state index in [1.165, 1.54) is 36.4 Å². The van der Waals surface area contributed by atoms with Gasteiger partial charge < -0.3 is 25.7 Å². The quantitative estimate of drug-likeness (QED) is 0.0518. The van der Waals surface area contributed by atoms with Crippen molar-refractivity contribution in [1.29, 1.82) is 0 Å². The fourth-order valence-corrected chi connectivity index (χ4v) is 3.80. The van der Waals surface area contributed by atoms with Crippen LogP contribution >= 0.6 is 0 Å². The normalized spacial score (nSPS) is 12.9. The van der Waals surface area contributed by atoms with Crippen molar-refractivity contribution < 1.29 is 63.3 Å². The standard InChI is InChI=1S/C30H25F9N2O5/c1-2-44-26(43)23(22-12-7-19(40)16-24(22)41)15-17-3-8-21(9-4-17)46-25(42)18-5-10-20(11-6-18)45-14-13-27(31,32)28(33,34)29(35,36)30(37,38)39/h3-12,15-16H,2,13-14,40-41H2,1H3. The molecule has 0 heterocycles. The molecule has 4 N–H and O–H groups in total. The summed E-state index contributed by atoms with van der Waals surface area (Å²) in [5.41, 5.74) is 13.3. The van der Waals surface area contributed by atoms with Gasteiger partial charge in [-0.05, 0) is 73.2 Å². The second-order valence-corrected chi connectivity index (χ2v) is 9.56. The first-order valence-corrected chi connectivity index (χ1v) is 13.1. The molecule has 3 aromatic carbocycles. The minimum Gasteiger partial charge on any atom is -0.493 e. The lowest BCUT2D eigenvalue weighted by molar-refractivity contribution is -0.397. The highest BCUT2D eigenvalue weighted by molar-refractivity contribution is 6.23. The molecule has 0 amide bonds. The Morgan fingerprint density at radius 1 is 0.783 bits per heavy atom. The number of halogens is 9. The molecule has 0 unspecified atom stereocenters. The summed E-state index contributed by atoms with van der Waals surface area (Å²) in [6.45, 7) is 0.382. The van der Waals surface area contributed by atoms with Crippen LogP contribution in [0.25, 0.3) is 11.6 Å². The zero-order chi connectivity index (χ0) is 34.5. The fraction of sp³-hybridized carbons (Fsp3) is 0.267. The summed E-state index contributed by atoms with van der Waals surface area (Å²) in [6, 6.07) is 14.7. The second kappa shape index (κ2) is 13.6. The average molecular weight is 665 g/mol. The number of nitrogens with two attached hydrogens (primary N) is 2. The average Bonchev–Trinajstić information content (AvgIpc) is 2.96. The molecule has 46 heavy (non-hydrogen) atoms. The van der Waals surface area contributed by atoms with Gasteiger partial charge in [-0.1, -0.05) is 12.1 Å². The first-order chi connectivity index (χ1) is 21.3. The molecular formula is C30H25F9N2O5. The SMILES string of the molecule is CCOC(=O)C(=Cc1ccc(OC(=O)c2ccc(OCCC(F)(F)C(F)(F)C(F)(F)C(F)(F)F)cc2)cc1)c1ccc(N)cc1N. The Bertz CT molecular complexity index is 1570. The van der Waals surface area contributed by atoms with Crippen molar-refractivity contribution in [2.45, 2.75) is 37.3 Å². The highest BCUT2D eigenvalue weighted by Gasteiger charge is 2.81. The fourth-order valence-electron chi connectivity index (χ4n) is 3.80. The van der Waals surface area contributed by atoms with E-state index in [0.29, 0.717) is 16.8 Å². The lowest BCUT2D eigenvalue weighted by Crippen LogP contribution is -2.61. The molecule has 0 atom stereocenters. The summed E-state index contributed by atoms with van der Waals surface area (Å²) in [6.07, 6.45) is -7.58. The van der Waals surface area contributed by atoms with E-state index in [9.17, 15) is 49.1 Å². The molecule has 0 aromatic heterocycles. The highest BCUT2D eigenvalue weighted by atomic mass is 19.4. The van der Waals surface area contributed by atoms with Crippen molar-refractivity contribution in [3.8, 4) is 11.5 Å². The number of benzene rings is 3. The van der Waals surface area contributed by atoms with Crippen molar-refractivity contribution in [1.82, 2.24) is 0 Å². The van der Waals surface area contributed by atoms with Gasteiger partial charge in [-0.2, -0.15) is 39.5 Å². The Kier molecular flexibility index (Phi) is 10.5. The Morgan fingerprint density at radius 2 is 1.37 bits per heavy atom. The topological polar surface area (TPSA) is 114 Å². The van der Waals surface area contributed by atoms with Crippen molar-refractivity contribution in [2.24, 2.45) is 0 Å². The summed E-state index contributed by atoms with van der Waals surface area (Å²) in [5.74, 6) is -21.2. The van der Waals surface area contributed by atoms with Gasteiger partial charge in [0.15, 0.2) is 0 Å². The summed E-state index contributed by atoms with van der Waals surface area (Å²) >= 11 is 0. The highest BCUT2D eigenvalue weighted by Crippen LogP contribution is 2.54. The predicted octanol–water partition coefficient (Wildman–Crippen LogP) is 7.41. The maximum atomic E-state index is 13.7. The zero-order valence-electron chi connectivity index (χ0n) is 23.6. The van der Waals surface area contributed by atoms with E-state index in [0.717, 1.165) is 24.3 Å². The molecule has 0 aliphatic carbocycles. The summed E-state index contributed by atoms with van der Waals surface area (Å²) in [4.78, 5) is 25.1. The van der Waals surface area contributed by atoms with Gasteiger partial charge >= 0.3 is 35.9 Å². The van der Waals surface area contributed by atoms with Crippen LogP contribution in [0.2, 0.25) is 0 Å². The maximum absolute atomic E-state index is 13.7. The Hall–Kier alpha value is -4.89. The molecule has 0 bridgehead atoms. The van der Waals surface area contributed by atoms with Gasteiger partial charge in [0.25, 0.3) is 0 Å². The van der Waals surface area contributed by atoms with Gasteiger partial charge in [-0.15, -0.1) is 0 Å². The smallest absolute Gasteiger partial charge is 0.460 e. The molecule has 248 valence electrons. The van der Waals surface area contributed by atoms with Gasteiger partial charge in [0.2, 0.25) is 0 Å². The van der Waals surface area contributed by atoms with Crippen LogP contribution in [0.1, 0.15) is 34.8 Å². The van der Waals surface area contributed by atoms with Crippen LogP contribution in [0.4, 0.5) is 50.9 Å². The molecule has 0 spiro atoms. The number of carbonyl (C=O) groups excluding carboxylic acids is 2. The summed E-state index contributed by atoms with van der Waals surface area (Å²) in [5, 5.41) is 0. The summed E-state index contributed by atoms with van der Waals surface area (Å²) in [7, 11) is 0. The third-order valence-electron chi connectivity index (χ3n) is 6.25. The van der Waals surface area contributed by atoms with Gasteiger partial charge in [0, 0.05) is 16.9 Å². The number of rotatable bonds is 12. The number of anilines is 2. The minimum absolute atomic E-state index is 0.0750. The molecule has 7 nitrogen and oxygen atoms in total. The molecule has 0 saturated carbocycles. The molecule has 3 aromatic rings. The zero-order valence-corrected chi connectivity index (χ0v) is 23.6. The number of esters is 2. The Balaban J connectivity index is 1.64. The van der Waals surface area contributed by atoms with Crippen LogP contribution in [0.15, 0.2) is 66.7 Å². The first-order valence-electron chi connectivity index (χ1n) is 13.1. The van der Waals surface area contributed by atoms with Crippen LogP contribution in [0.5, 0.6) is 11.5 Å². The third-order valence-corrected chi connectivity index (χ3v) is 6.25. The van der Waals surface area contributed by atoms with E-state index in [-0.39, 0.29) is 34.9 Å². The number of carbonyl (C=O) groups is 2. The molecule has 3 rings (SSSR count). The number of hydrogen-bond acceptors (Lipinski definition) is 7. The van der Waals surface area contributed by atoms with Crippen molar-refractivity contribution >= 4 is 35.0 Å². The molecule has 16 heteroatoms. The van der Waals surface area contributed by atoms with Crippen LogP contribution in [0.3, 0.4) is 0 Å². The van der Waals surface area contributed by atoms with Crippen LogP contribution in [-0.2, 0) is 9.53 Å². The molecule has 0 saturated heterocycles. The number of nitrogen functional groups attached to an aromatic ring is 2. The lowest BCUT2D eigenvalue weighted by Gasteiger charge is -2.33. The van der Waals surface area contributed by atoms with E-state index in [1.54, 1.807) is 19.1 Å². The Morgan fingerprint density at radius 3 is 1.91 bits per heavy atom. The molecule has 0 aliphatic rings. The monoisotopic (exact) mass is 664 g/mol. The minimum atomic E-state index is -6.99. The van der Waals surface area contributed by atoms with Gasteiger partial charge in [-0.25, -0.2) is 9.59 Å². The Labute approximate surface area is 255 Å². The summed E-state index contributed by atoms with van der Waals surface area (Å²) < 4.78 is 132. The lowest BCUT2D eigenvalue weighted by atomic mass is 10.0. The van der Waals surface area contributed by atoms with Crippen molar-refractivity contribution in [3.05, 3.63) is 83.4 Å². The molecule has 0 aliphatic heterocycles. The number of alkyl halides is 9. The van der Waals surface area contributed by atoms with Gasteiger partial charge in [0.1, 0.15) is 11.5 Å². The van der Waals surface area contributed by atoms with Crippen LogP contribution in [0, 0.1) is 0 Å². The molecule has 0 radical (unpaired) electrons. The second-order valence-electron chi connectivity index (χ2n) is 9.56. The van der Waals surface area contributed by atoms with E-state index >= 15 is 0 Å². The van der Waals surface area contributed by atoms with Crippen LogP contribution < -0.4 is 20.9 Å². The number of ether oxygens (including phenoxy) is 3. The van der Waals surface area contributed by atoms with Gasteiger partial charge in [-0.3, -0.25) is 0 Å². The van der Waals surface area contributed by atoms with E-state index in [4.69, 9.17) is 25.7 Å². The largest absolute Gasteiger partial charge is 0.493 e. The molecule has 0 fully saturated rings. The van der Waals surface area contributed by atoms with Gasteiger partial charge in [0.05, 0.1) is 30.8 Å².